The fourth-order valence-corrected chi connectivity index (χ4v) is 0. The summed E-state index contributed by atoms with van der Waals surface area (Å²) < 4.78 is 0. The molecule has 0 aromatic carbocycles. The smallest absolute Gasteiger partial charge is 0 e. The van der Waals surface area contributed by atoms with E-state index < -0.39 is 0 Å². The van der Waals surface area contributed by atoms with Crippen LogP contribution in [0, 0.1) is 19.9 Å². The molecule has 0 fully saturated rings. The van der Waals surface area contributed by atoms with Gasteiger partial charge in [0.2, 0.25) is 0 Å². The molecule has 0 atom stereocenters. The van der Waals surface area contributed by atoms with E-state index >= 15 is 0 Å². The molecule has 0 aliphatic heterocycles. The summed E-state index contributed by atoms with van der Waals surface area (Å²) in [5, 5.41) is 48.0. The van der Waals surface area contributed by atoms with Gasteiger partial charge in [-0.2, -0.15) is 0 Å². The van der Waals surface area contributed by atoms with Crippen LogP contribution in [0.15, 0.2) is 0 Å². The van der Waals surface area contributed by atoms with Crippen LogP contribution in [0.2, 0.25) is 0 Å². The van der Waals surface area contributed by atoms with Gasteiger partial charge in [-0.05, 0) is 0 Å². The minimum absolute atomic E-state index is 0. The highest BCUT2D eigenvalue weighted by atomic mass is 17.0. The first-order valence-electron chi connectivity index (χ1n) is 1.13. The summed E-state index contributed by atoms with van der Waals surface area (Å²) in [5.74, 6) is 0. The summed E-state index contributed by atoms with van der Waals surface area (Å²) in [5.41, 5.74) is 0. The standard InChI is InChI=1S/9CH4.4H2O2.2O2.3H2O/c;;;;;;;;;6*1-2;;;/h9*1H4;4*1-2H;;;3*1H2. The summed E-state index contributed by atoms with van der Waals surface area (Å²) >= 11 is 0. The van der Waals surface area contributed by atoms with Crippen molar-refractivity contribution >= 4 is 0 Å². The highest BCUT2D eigenvalue weighted by Gasteiger charge is 0.752. The van der Waals surface area contributed by atoms with Crippen LogP contribution in [0.3, 0.4) is 0 Å². The van der Waals surface area contributed by atoms with Crippen LogP contribution in [-0.2, 0) is 0 Å². The Morgan fingerprint density at radius 2 is 0.250 bits per heavy atom. The first-order chi connectivity index (χ1) is 6.00. The molecule has 0 aliphatic rings. The molecule has 15 heteroatoms. The van der Waals surface area contributed by atoms with E-state index in [2.05, 4.69) is 0 Å². The van der Waals surface area contributed by atoms with E-state index in [1.807, 2.05) is 0 Å². The van der Waals surface area contributed by atoms with Crippen molar-refractivity contribution in [2.45, 2.75) is 66.8 Å². The van der Waals surface area contributed by atoms with Crippen LogP contribution in [0.4, 0.5) is 0 Å². The first kappa shape index (κ1) is 476. The molecular formula is C9H50O15. The van der Waals surface area contributed by atoms with E-state index in [9.17, 15) is 0 Å². The molecule has 0 amide bonds. The SMILES string of the molecule is C.C.C.C.C.C.C.C.C.O.O.O.O=O.O=O.OO.OO.OO.OO. The third kappa shape index (κ3) is 5270. The summed E-state index contributed by atoms with van der Waals surface area (Å²) in [6.45, 7) is 0. The molecule has 14 N–H and O–H groups in total. The van der Waals surface area contributed by atoms with Crippen LogP contribution in [0.25, 0.3) is 0 Å². The van der Waals surface area contributed by atoms with Gasteiger partial charge in [0.1, 0.15) is 0 Å². The third-order valence-corrected chi connectivity index (χ3v) is 0. The predicted octanol–water partition coefficient (Wildman–Crippen LogP) is 3.45. The molecule has 15 nitrogen and oxygen atoms in total. The Kier molecular flexibility index (Phi) is 121000. The Balaban J connectivity index is -0.00000000102. The molecule has 0 saturated carbocycles. The highest BCUT2D eigenvalue weighted by molar-refractivity contribution is 4.08. The van der Waals surface area contributed by atoms with E-state index in [0.717, 1.165) is 0 Å². The van der Waals surface area contributed by atoms with Gasteiger partial charge < -0.3 is 16.4 Å². The lowest BCUT2D eigenvalue weighted by Crippen LogP contribution is -1.29. The topological polar surface area (TPSA) is 325 Å². The second-order valence-electron chi connectivity index (χ2n) is 0. The van der Waals surface area contributed by atoms with Crippen molar-refractivity contribution in [2.24, 2.45) is 0 Å². The lowest BCUT2D eigenvalue weighted by Gasteiger charge is -1.25. The fraction of sp³-hybridized carbons (Fsp3) is 1.00. The van der Waals surface area contributed by atoms with Crippen LogP contribution in [0.1, 0.15) is 66.8 Å². The quantitative estimate of drug-likeness (QED) is 0.214. The Labute approximate surface area is 146 Å². The lowest BCUT2D eigenvalue weighted by molar-refractivity contribution is -0.176. The monoisotopic (exact) mass is 398 g/mol. The zero-order chi connectivity index (χ0) is 12.0. The fourth-order valence-electron chi connectivity index (χ4n) is 0. The Morgan fingerprint density at radius 1 is 0.250 bits per heavy atom. The molecule has 0 unspecified atom stereocenters. The summed E-state index contributed by atoms with van der Waals surface area (Å²) in [6, 6.07) is 0. The maximum atomic E-state index is 7.00. The van der Waals surface area contributed by atoms with E-state index in [1.165, 1.54) is 0 Å². The molecule has 176 valence electrons. The minimum atomic E-state index is 0. The van der Waals surface area contributed by atoms with Gasteiger partial charge in [0.15, 0.2) is 0 Å². The van der Waals surface area contributed by atoms with E-state index in [-0.39, 0.29) is 83.3 Å². The number of hydrogen-bond donors (Lipinski definition) is 8. The molecular weight excluding hydrogens is 348 g/mol. The van der Waals surface area contributed by atoms with Crippen molar-refractivity contribution in [1.29, 1.82) is 0 Å². The molecule has 0 rings (SSSR count). The molecule has 0 aromatic heterocycles. The van der Waals surface area contributed by atoms with E-state index in [4.69, 9.17) is 61.9 Å². The molecule has 0 saturated heterocycles. The minimum Gasteiger partial charge on any atom is -0.412 e. The van der Waals surface area contributed by atoms with Gasteiger partial charge in [-0.3, -0.25) is 42.1 Å². The summed E-state index contributed by atoms with van der Waals surface area (Å²) in [6.07, 6.45) is 0. The van der Waals surface area contributed by atoms with Gasteiger partial charge in [-0.25, -0.2) is 0 Å². The van der Waals surface area contributed by atoms with Gasteiger partial charge >= 0.3 is 0 Å². The molecule has 0 heterocycles. The maximum absolute atomic E-state index is 7.00. The average molecular weight is 398 g/mol. The first-order valence-corrected chi connectivity index (χ1v) is 1.13. The Bertz CT molecular complexity index is 24.9. The zero-order valence-corrected chi connectivity index (χ0v) is 6.71. The van der Waals surface area contributed by atoms with E-state index in [0.29, 0.717) is 0 Å². The summed E-state index contributed by atoms with van der Waals surface area (Å²) in [4.78, 5) is 28.0. The van der Waals surface area contributed by atoms with Crippen molar-refractivity contribution in [2.75, 3.05) is 0 Å². The normalized spacial score (nSPS) is 1.33. The van der Waals surface area contributed by atoms with Crippen molar-refractivity contribution in [3.63, 3.8) is 0 Å². The molecule has 0 radical (unpaired) electrons. The highest BCUT2D eigenvalue weighted by Crippen LogP contribution is 0.744. The van der Waals surface area contributed by atoms with E-state index in [1.54, 1.807) is 0 Å². The second-order valence-corrected chi connectivity index (χ2v) is 0. The number of rotatable bonds is 0. The molecule has 24 heavy (non-hydrogen) atoms. The second kappa shape index (κ2) is 6100. The Morgan fingerprint density at radius 3 is 0.250 bits per heavy atom. The molecule has 0 aliphatic carbocycles. The van der Waals surface area contributed by atoms with Crippen molar-refractivity contribution < 1.29 is 58.5 Å². The number of hydrogen-bond acceptors (Lipinski definition) is 12. The van der Waals surface area contributed by atoms with Gasteiger partial charge in [-0.15, -0.1) is 0 Å². The predicted molar refractivity (Wildman–Crippen MR) is 106 cm³/mol. The Hall–Kier alpha value is -1.24. The van der Waals surface area contributed by atoms with Crippen molar-refractivity contribution in [3.8, 4) is 0 Å². The van der Waals surface area contributed by atoms with Gasteiger partial charge in [0, 0.05) is 19.9 Å². The van der Waals surface area contributed by atoms with Crippen LogP contribution >= 0.6 is 0 Å². The van der Waals surface area contributed by atoms with Crippen molar-refractivity contribution in [1.82, 2.24) is 0 Å². The zero-order valence-electron chi connectivity index (χ0n) is 6.71. The average Bonchev–Trinajstić information content (AvgIpc) is 2.33. The molecule has 0 aromatic rings. The lowest BCUT2D eigenvalue weighted by atomic mass is 12.0. The van der Waals surface area contributed by atoms with Crippen LogP contribution in [-0.4, -0.2) is 58.5 Å². The van der Waals surface area contributed by atoms with Crippen LogP contribution < -0.4 is 0 Å². The third-order valence-electron chi connectivity index (χ3n) is 0. The summed E-state index contributed by atoms with van der Waals surface area (Å²) in [7, 11) is 0. The van der Waals surface area contributed by atoms with Gasteiger partial charge in [-0.1, -0.05) is 66.8 Å². The largest absolute Gasteiger partial charge is 0.412 e. The van der Waals surface area contributed by atoms with Crippen LogP contribution in [0.5, 0.6) is 0 Å². The van der Waals surface area contributed by atoms with Gasteiger partial charge in [0.25, 0.3) is 0 Å². The maximum Gasteiger partial charge on any atom is 0 e. The van der Waals surface area contributed by atoms with Gasteiger partial charge in [0.05, 0.1) is 0 Å². The molecule has 0 spiro atoms. The molecule has 0 bridgehead atoms. The van der Waals surface area contributed by atoms with Crippen molar-refractivity contribution in [3.05, 3.63) is 19.9 Å².